The van der Waals surface area contributed by atoms with Crippen LogP contribution in [0.4, 0.5) is 14.9 Å². The Morgan fingerprint density at radius 3 is 2.62 bits per heavy atom. The summed E-state index contributed by atoms with van der Waals surface area (Å²) in [5, 5.41) is 0. The number of anilines is 1. The molecule has 0 saturated carbocycles. The molecule has 0 aromatic heterocycles. The SMILES string of the molecule is Cc1cccc(C2(CF)CN(c3ccccc3)C(=O)O2)c1. The van der Waals surface area contributed by atoms with E-state index in [0.717, 1.165) is 5.56 Å². The molecule has 21 heavy (non-hydrogen) atoms. The topological polar surface area (TPSA) is 29.5 Å². The Morgan fingerprint density at radius 1 is 1.19 bits per heavy atom. The molecule has 0 radical (unpaired) electrons. The van der Waals surface area contributed by atoms with E-state index in [1.54, 1.807) is 6.07 Å². The van der Waals surface area contributed by atoms with Crippen molar-refractivity contribution in [1.29, 1.82) is 0 Å². The van der Waals surface area contributed by atoms with Crippen molar-refractivity contribution < 1.29 is 13.9 Å². The van der Waals surface area contributed by atoms with Gasteiger partial charge in [0.2, 0.25) is 0 Å². The minimum Gasteiger partial charge on any atom is -0.433 e. The summed E-state index contributed by atoms with van der Waals surface area (Å²) in [4.78, 5) is 13.6. The first kappa shape index (κ1) is 13.6. The van der Waals surface area contributed by atoms with E-state index in [-0.39, 0.29) is 6.54 Å². The van der Waals surface area contributed by atoms with Gasteiger partial charge in [-0.25, -0.2) is 9.18 Å². The van der Waals surface area contributed by atoms with Crippen LogP contribution in [-0.4, -0.2) is 19.3 Å². The van der Waals surface area contributed by atoms with Crippen molar-refractivity contribution in [1.82, 2.24) is 0 Å². The molecule has 1 fully saturated rings. The lowest BCUT2D eigenvalue weighted by Gasteiger charge is -2.24. The second kappa shape index (κ2) is 5.20. The van der Waals surface area contributed by atoms with Gasteiger partial charge in [-0.05, 0) is 19.1 Å². The minimum absolute atomic E-state index is 0.176. The van der Waals surface area contributed by atoms with Crippen LogP contribution < -0.4 is 4.90 Å². The van der Waals surface area contributed by atoms with E-state index in [4.69, 9.17) is 4.74 Å². The predicted molar refractivity (Wildman–Crippen MR) is 79.1 cm³/mol. The smallest absolute Gasteiger partial charge is 0.415 e. The molecule has 1 amide bonds. The molecule has 4 heteroatoms. The van der Waals surface area contributed by atoms with Crippen LogP contribution in [-0.2, 0) is 10.3 Å². The fourth-order valence-electron chi connectivity index (χ4n) is 2.60. The molecule has 1 aliphatic rings. The Labute approximate surface area is 123 Å². The monoisotopic (exact) mass is 285 g/mol. The normalized spacial score (nSPS) is 21.4. The quantitative estimate of drug-likeness (QED) is 0.858. The molecule has 1 saturated heterocycles. The third-order valence-corrected chi connectivity index (χ3v) is 3.74. The number of aryl methyl sites for hydroxylation is 1. The first-order valence-electron chi connectivity index (χ1n) is 6.83. The summed E-state index contributed by atoms with van der Waals surface area (Å²) in [6.07, 6.45) is -0.514. The average Bonchev–Trinajstić information content (AvgIpc) is 2.86. The summed E-state index contributed by atoms with van der Waals surface area (Å²) in [6, 6.07) is 16.6. The van der Waals surface area contributed by atoms with Crippen molar-refractivity contribution in [3.63, 3.8) is 0 Å². The number of amides is 1. The van der Waals surface area contributed by atoms with Crippen molar-refractivity contribution in [3.8, 4) is 0 Å². The zero-order chi connectivity index (χ0) is 14.9. The summed E-state index contributed by atoms with van der Waals surface area (Å²) in [5.74, 6) is 0. The number of ether oxygens (including phenoxy) is 1. The summed E-state index contributed by atoms with van der Waals surface area (Å²) in [6.45, 7) is 1.36. The van der Waals surface area contributed by atoms with Gasteiger partial charge in [0.25, 0.3) is 0 Å². The van der Waals surface area contributed by atoms with Crippen LogP contribution in [0.25, 0.3) is 0 Å². The highest BCUT2D eigenvalue weighted by atomic mass is 19.1. The van der Waals surface area contributed by atoms with Gasteiger partial charge >= 0.3 is 6.09 Å². The number of nitrogens with zero attached hydrogens (tertiary/aromatic N) is 1. The molecular weight excluding hydrogens is 269 g/mol. The predicted octanol–water partition coefficient (Wildman–Crippen LogP) is 3.82. The molecule has 2 aromatic carbocycles. The molecule has 0 aliphatic carbocycles. The van der Waals surface area contributed by atoms with Crippen LogP contribution in [0.1, 0.15) is 11.1 Å². The van der Waals surface area contributed by atoms with Gasteiger partial charge < -0.3 is 4.74 Å². The van der Waals surface area contributed by atoms with E-state index in [1.807, 2.05) is 55.5 Å². The second-order valence-electron chi connectivity index (χ2n) is 5.29. The highest BCUT2D eigenvalue weighted by molar-refractivity contribution is 5.90. The third-order valence-electron chi connectivity index (χ3n) is 3.74. The molecule has 1 atom stereocenters. The molecule has 1 aliphatic heterocycles. The number of benzene rings is 2. The first-order valence-corrected chi connectivity index (χ1v) is 6.83. The maximum Gasteiger partial charge on any atom is 0.415 e. The van der Waals surface area contributed by atoms with Crippen molar-refractivity contribution >= 4 is 11.8 Å². The second-order valence-corrected chi connectivity index (χ2v) is 5.29. The number of alkyl halides is 1. The fourth-order valence-corrected chi connectivity index (χ4v) is 2.60. The standard InChI is InChI=1S/C17H16FNO2/c1-13-6-5-7-14(10-13)17(11-18)12-19(16(20)21-17)15-8-3-2-4-9-15/h2-10H,11-12H2,1H3. The molecule has 0 bridgehead atoms. The maximum atomic E-state index is 13.7. The Morgan fingerprint density at radius 2 is 1.95 bits per heavy atom. The number of hydrogen-bond acceptors (Lipinski definition) is 2. The average molecular weight is 285 g/mol. The number of hydrogen-bond donors (Lipinski definition) is 0. The van der Waals surface area contributed by atoms with Gasteiger partial charge in [-0.2, -0.15) is 0 Å². The molecule has 1 heterocycles. The van der Waals surface area contributed by atoms with E-state index in [9.17, 15) is 9.18 Å². The van der Waals surface area contributed by atoms with Crippen LogP contribution >= 0.6 is 0 Å². The summed E-state index contributed by atoms with van der Waals surface area (Å²) >= 11 is 0. The molecule has 3 nitrogen and oxygen atoms in total. The molecule has 0 N–H and O–H groups in total. The highest BCUT2D eigenvalue weighted by Crippen LogP contribution is 2.36. The molecule has 0 spiro atoms. The van der Waals surface area contributed by atoms with Gasteiger partial charge in [-0.3, -0.25) is 4.90 Å². The van der Waals surface area contributed by atoms with E-state index in [2.05, 4.69) is 0 Å². The van der Waals surface area contributed by atoms with Gasteiger partial charge in [0, 0.05) is 11.3 Å². The number of cyclic esters (lactones) is 1. The number of carbonyl (C=O) groups is 1. The number of para-hydroxylation sites is 1. The maximum absolute atomic E-state index is 13.7. The summed E-state index contributed by atoms with van der Waals surface area (Å²) < 4.78 is 19.1. The zero-order valence-corrected chi connectivity index (χ0v) is 11.8. The Hall–Kier alpha value is -2.36. The lowest BCUT2D eigenvalue weighted by atomic mass is 9.93. The van der Waals surface area contributed by atoms with Crippen molar-refractivity contribution in [2.45, 2.75) is 12.5 Å². The van der Waals surface area contributed by atoms with Crippen molar-refractivity contribution in [2.75, 3.05) is 18.1 Å². The van der Waals surface area contributed by atoms with E-state index < -0.39 is 18.4 Å². The van der Waals surface area contributed by atoms with Crippen LogP contribution in [0.2, 0.25) is 0 Å². The Kier molecular flexibility index (Phi) is 3.37. The minimum atomic E-state index is -1.22. The molecule has 3 rings (SSSR count). The van der Waals surface area contributed by atoms with Gasteiger partial charge in [-0.15, -0.1) is 0 Å². The molecule has 2 aromatic rings. The molecule has 1 unspecified atom stereocenters. The van der Waals surface area contributed by atoms with Crippen molar-refractivity contribution in [3.05, 3.63) is 65.7 Å². The van der Waals surface area contributed by atoms with Crippen LogP contribution in [0.5, 0.6) is 0 Å². The molecule has 108 valence electrons. The van der Waals surface area contributed by atoms with Gasteiger partial charge in [0.15, 0.2) is 5.60 Å². The largest absolute Gasteiger partial charge is 0.433 e. The number of halogens is 1. The van der Waals surface area contributed by atoms with Gasteiger partial charge in [0.05, 0.1) is 6.54 Å². The van der Waals surface area contributed by atoms with Crippen LogP contribution in [0.3, 0.4) is 0 Å². The van der Waals surface area contributed by atoms with Crippen LogP contribution in [0, 0.1) is 6.92 Å². The fraction of sp³-hybridized carbons (Fsp3) is 0.235. The van der Waals surface area contributed by atoms with Gasteiger partial charge in [0.1, 0.15) is 6.67 Å². The first-order chi connectivity index (χ1) is 10.1. The zero-order valence-electron chi connectivity index (χ0n) is 11.8. The number of carbonyl (C=O) groups excluding carboxylic acids is 1. The highest BCUT2D eigenvalue weighted by Gasteiger charge is 2.47. The van der Waals surface area contributed by atoms with Gasteiger partial charge in [-0.1, -0.05) is 48.0 Å². The number of rotatable bonds is 3. The van der Waals surface area contributed by atoms with Crippen molar-refractivity contribution in [2.24, 2.45) is 0 Å². The lowest BCUT2D eigenvalue weighted by Crippen LogP contribution is -2.34. The van der Waals surface area contributed by atoms with E-state index >= 15 is 0 Å². The third kappa shape index (κ3) is 2.37. The van der Waals surface area contributed by atoms with E-state index in [1.165, 1.54) is 4.90 Å². The molecular formula is C17H16FNO2. The summed E-state index contributed by atoms with van der Waals surface area (Å²) in [7, 11) is 0. The van der Waals surface area contributed by atoms with E-state index in [0.29, 0.717) is 11.3 Å². The Bertz CT molecular complexity index is 659. The van der Waals surface area contributed by atoms with Crippen LogP contribution in [0.15, 0.2) is 54.6 Å². The summed E-state index contributed by atoms with van der Waals surface area (Å²) in [5.41, 5.74) is 1.19. The lowest BCUT2D eigenvalue weighted by molar-refractivity contribution is 0.0323. The Balaban J connectivity index is 1.97.